The first-order valence-corrected chi connectivity index (χ1v) is 7.13. The highest BCUT2D eigenvalue weighted by Crippen LogP contribution is 2.12. The standard InChI is InChI=1S/C15H28O/c1-15-11-7-4-2-3-5-9-13-16-14-10-6-8-12-15/h11H,2-10,12-14H2,1H3/b15-11+. The Morgan fingerprint density at radius 1 is 0.812 bits per heavy atom. The zero-order chi connectivity index (χ0) is 11.5. The van der Waals surface area contributed by atoms with Crippen molar-refractivity contribution in [3.05, 3.63) is 11.6 Å². The van der Waals surface area contributed by atoms with Crippen molar-refractivity contribution in [1.29, 1.82) is 0 Å². The maximum Gasteiger partial charge on any atom is 0.0466 e. The molecule has 1 rings (SSSR count). The van der Waals surface area contributed by atoms with Gasteiger partial charge in [-0.1, -0.05) is 37.3 Å². The predicted octanol–water partition coefficient (Wildman–Crippen LogP) is 4.86. The van der Waals surface area contributed by atoms with Crippen LogP contribution in [0, 0.1) is 0 Å². The SMILES string of the molecule is C/C1=C\CCCCCCCOCCCCC1. The lowest BCUT2D eigenvalue weighted by Gasteiger charge is -2.04. The molecule has 0 atom stereocenters. The van der Waals surface area contributed by atoms with Crippen LogP contribution in [0.4, 0.5) is 0 Å². The fourth-order valence-corrected chi connectivity index (χ4v) is 2.22. The van der Waals surface area contributed by atoms with E-state index in [0.717, 1.165) is 13.2 Å². The van der Waals surface area contributed by atoms with Crippen molar-refractivity contribution < 1.29 is 4.74 Å². The normalized spacial score (nSPS) is 26.2. The van der Waals surface area contributed by atoms with Gasteiger partial charge < -0.3 is 4.74 Å². The van der Waals surface area contributed by atoms with E-state index in [2.05, 4.69) is 13.0 Å². The van der Waals surface area contributed by atoms with Crippen molar-refractivity contribution in [3.8, 4) is 0 Å². The van der Waals surface area contributed by atoms with Crippen LogP contribution in [0.2, 0.25) is 0 Å². The molecule has 0 spiro atoms. The van der Waals surface area contributed by atoms with Gasteiger partial charge in [0, 0.05) is 13.2 Å². The zero-order valence-corrected chi connectivity index (χ0v) is 11.0. The van der Waals surface area contributed by atoms with E-state index in [-0.39, 0.29) is 0 Å². The second kappa shape index (κ2) is 9.89. The third-order valence-corrected chi connectivity index (χ3v) is 3.35. The molecule has 0 amide bonds. The van der Waals surface area contributed by atoms with E-state index in [4.69, 9.17) is 4.74 Å². The lowest BCUT2D eigenvalue weighted by molar-refractivity contribution is 0.126. The van der Waals surface area contributed by atoms with E-state index in [1.807, 2.05) is 0 Å². The molecule has 1 aliphatic heterocycles. The molecule has 1 heteroatoms. The van der Waals surface area contributed by atoms with Crippen LogP contribution in [-0.2, 0) is 4.74 Å². The van der Waals surface area contributed by atoms with Gasteiger partial charge in [-0.2, -0.15) is 0 Å². The van der Waals surface area contributed by atoms with Crippen molar-refractivity contribution in [2.45, 2.75) is 71.1 Å². The van der Waals surface area contributed by atoms with Gasteiger partial charge in [0.25, 0.3) is 0 Å². The number of allylic oxidation sites excluding steroid dienone is 2. The van der Waals surface area contributed by atoms with Crippen molar-refractivity contribution in [1.82, 2.24) is 0 Å². The zero-order valence-electron chi connectivity index (χ0n) is 11.0. The summed E-state index contributed by atoms with van der Waals surface area (Å²) in [7, 11) is 0. The summed E-state index contributed by atoms with van der Waals surface area (Å²) in [6.07, 6.45) is 15.7. The Kier molecular flexibility index (Phi) is 8.51. The summed E-state index contributed by atoms with van der Waals surface area (Å²) in [6, 6.07) is 0. The minimum Gasteiger partial charge on any atom is -0.381 e. The highest BCUT2D eigenvalue weighted by atomic mass is 16.5. The molecule has 0 radical (unpaired) electrons. The average molecular weight is 224 g/mol. The Balaban J connectivity index is 2.19. The van der Waals surface area contributed by atoms with Crippen LogP contribution in [0.3, 0.4) is 0 Å². The lowest BCUT2D eigenvalue weighted by atomic mass is 10.1. The largest absolute Gasteiger partial charge is 0.381 e. The van der Waals surface area contributed by atoms with Crippen molar-refractivity contribution in [2.24, 2.45) is 0 Å². The Bertz CT molecular complexity index is 184. The predicted molar refractivity (Wildman–Crippen MR) is 70.7 cm³/mol. The van der Waals surface area contributed by atoms with Crippen molar-refractivity contribution in [2.75, 3.05) is 13.2 Å². The van der Waals surface area contributed by atoms with Gasteiger partial charge in [-0.25, -0.2) is 0 Å². The fraction of sp³-hybridized carbons (Fsp3) is 0.867. The highest BCUT2D eigenvalue weighted by Gasteiger charge is 1.96. The third-order valence-electron chi connectivity index (χ3n) is 3.35. The maximum absolute atomic E-state index is 5.62. The monoisotopic (exact) mass is 224 g/mol. The Hall–Kier alpha value is -0.300. The number of hydrogen-bond donors (Lipinski definition) is 0. The van der Waals surface area contributed by atoms with Gasteiger partial charge in [0.2, 0.25) is 0 Å². The number of rotatable bonds is 0. The minimum absolute atomic E-state index is 0.975. The van der Waals surface area contributed by atoms with Gasteiger partial charge in [0.15, 0.2) is 0 Å². The topological polar surface area (TPSA) is 9.23 Å². The van der Waals surface area contributed by atoms with Crippen LogP contribution in [0.25, 0.3) is 0 Å². The van der Waals surface area contributed by atoms with Gasteiger partial charge >= 0.3 is 0 Å². The molecule has 0 unspecified atom stereocenters. The molecule has 0 aromatic rings. The third kappa shape index (κ3) is 7.92. The number of ether oxygens (including phenoxy) is 1. The molecule has 0 N–H and O–H groups in total. The Labute approximate surface area is 101 Å². The Morgan fingerprint density at radius 3 is 2.25 bits per heavy atom. The summed E-state index contributed by atoms with van der Waals surface area (Å²) in [5.41, 5.74) is 1.59. The number of hydrogen-bond acceptors (Lipinski definition) is 1. The minimum atomic E-state index is 0.975. The molecule has 1 aliphatic rings. The van der Waals surface area contributed by atoms with Crippen molar-refractivity contribution in [3.63, 3.8) is 0 Å². The summed E-state index contributed by atoms with van der Waals surface area (Å²) < 4.78 is 5.62. The van der Waals surface area contributed by atoms with Gasteiger partial charge in [-0.3, -0.25) is 0 Å². The second-order valence-corrected chi connectivity index (χ2v) is 5.03. The molecule has 0 aromatic carbocycles. The van der Waals surface area contributed by atoms with Gasteiger partial charge in [0.1, 0.15) is 0 Å². The molecule has 0 fully saturated rings. The van der Waals surface area contributed by atoms with E-state index >= 15 is 0 Å². The molecule has 16 heavy (non-hydrogen) atoms. The first-order valence-electron chi connectivity index (χ1n) is 7.13. The van der Waals surface area contributed by atoms with E-state index in [1.165, 1.54) is 64.2 Å². The fourth-order valence-electron chi connectivity index (χ4n) is 2.22. The van der Waals surface area contributed by atoms with E-state index in [1.54, 1.807) is 5.57 Å². The second-order valence-electron chi connectivity index (χ2n) is 5.03. The molecule has 1 nitrogen and oxygen atoms in total. The smallest absolute Gasteiger partial charge is 0.0466 e. The summed E-state index contributed by atoms with van der Waals surface area (Å²) >= 11 is 0. The van der Waals surface area contributed by atoms with Crippen LogP contribution in [-0.4, -0.2) is 13.2 Å². The summed E-state index contributed by atoms with van der Waals surface area (Å²) in [4.78, 5) is 0. The van der Waals surface area contributed by atoms with Crippen LogP contribution >= 0.6 is 0 Å². The van der Waals surface area contributed by atoms with E-state index in [0.29, 0.717) is 0 Å². The molecule has 0 saturated heterocycles. The van der Waals surface area contributed by atoms with Crippen LogP contribution in [0.1, 0.15) is 71.1 Å². The molecular formula is C15H28O. The van der Waals surface area contributed by atoms with Gasteiger partial charge in [-0.05, 0) is 45.4 Å². The summed E-state index contributed by atoms with van der Waals surface area (Å²) in [5.74, 6) is 0. The quantitative estimate of drug-likeness (QED) is 0.534. The molecular weight excluding hydrogens is 196 g/mol. The van der Waals surface area contributed by atoms with Crippen LogP contribution in [0.15, 0.2) is 11.6 Å². The molecule has 94 valence electrons. The molecule has 1 heterocycles. The van der Waals surface area contributed by atoms with Crippen LogP contribution < -0.4 is 0 Å². The van der Waals surface area contributed by atoms with Crippen molar-refractivity contribution >= 4 is 0 Å². The van der Waals surface area contributed by atoms with Gasteiger partial charge in [0.05, 0.1) is 0 Å². The first-order chi connectivity index (χ1) is 7.89. The van der Waals surface area contributed by atoms with Gasteiger partial charge in [-0.15, -0.1) is 0 Å². The van der Waals surface area contributed by atoms with E-state index < -0.39 is 0 Å². The summed E-state index contributed by atoms with van der Waals surface area (Å²) in [5, 5.41) is 0. The van der Waals surface area contributed by atoms with Crippen LogP contribution in [0.5, 0.6) is 0 Å². The first kappa shape index (κ1) is 13.8. The summed E-state index contributed by atoms with van der Waals surface area (Å²) in [6.45, 7) is 4.24. The molecule has 0 aliphatic carbocycles. The Morgan fingerprint density at radius 2 is 1.44 bits per heavy atom. The molecule has 0 saturated carbocycles. The maximum atomic E-state index is 5.62. The average Bonchev–Trinajstić information content (AvgIpc) is 2.29. The molecule has 0 bridgehead atoms. The lowest BCUT2D eigenvalue weighted by Crippen LogP contribution is -1.97. The van der Waals surface area contributed by atoms with E-state index in [9.17, 15) is 0 Å². The molecule has 0 aromatic heterocycles. The highest BCUT2D eigenvalue weighted by molar-refractivity contribution is 4.97.